The van der Waals surface area contributed by atoms with Gasteiger partial charge in [0.15, 0.2) is 0 Å². The predicted molar refractivity (Wildman–Crippen MR) is 67.8 cm³/mol. The summed E-state index contributed by atoms with van der Waals surface area (Å²) >= 11 is 0. The number of methoxy groups -OCH3 is 1. The van der Waals surface area contributed by atoms with Crippen molar-refractivity contribution in [3.05, 3.63) is 41.7 Å². The lowest BCUT2D eigenvalue weighted by atomic mass is 10.3. The van der Waals surface area contributed by atoms with Crippen molar-refractivity contribution in [2.75, 3.05) is 12.4 Å². The van der Waals surface area contributed by atoms with Gasteiger partial charge in [-0.15, -0.1) is 0 Å². The Morgan fingerprint density at radius 2 is 1.59 bits per heavy atom. The zero-order chi connectivity index (χ0) is 12.3. The van der Waals surface area contributed by atoms with Crippen molar-refractivity contribution in [2.24, 2.45) is 0 Å². The number of rotatable bonds is 3. The number of hydrogen-bond donors (Lipinski definition) is 1. The van der Waals surface area contributed by atoms with Crippen LogP contribution in [0.4, 0.5) is 11.6 Å². The van der Waals surface area contributed by atoms with E-state index in [2.05, 4.69) is 15.3 Å². The van der Waals surface area contributed by atoms with Crippen LogP contribution < -0.4 is 10.1 Å². The minimum Gasteiger partial charge on any atom is -0.497 e. The number of aromatic nitrogens is 2. The van der Waals surface area contributed by atoms with Crippen molar-refractivity contribution >= 4 is 11.6 Å². The van der Waals surface area contributed by atoms with Gasteiger partial charge in [0.05, 0.1) is 7.11 Å². The number of benzene rings is 1. The highest BCUT2D eigenvalue weighted by Crippen LogP contribution is 2.18. The fraction of sp³-hybridized carbons (Fsp3) is 0.231. The van der Waals surface area contributed by atoms with E-state index in [-0.39, 0.29) is 0 Å². The predicted octanol–water partition coefficient (Wildman–Crippen LogP) is 2.85. The van der Waals surface area contributed by atoms with Crippen molar-refractivity contribution in [2.45, 2.75) is 13.8 Å². The highest BCUT2D eigenvalue weighted by molar-refractivity contribution is 5.54. The molecule has 4 heteroatoms. The molecule has 0 aliphatic rings. The Hall–Kier alpha value is -2.10. The van der Waals surface area contributed by atoms with Crippen LogP contribution in [0.5, 0.6) is 5.75 Å². The minimum atomic E-state index is 0.618. The molecule has 0 amide bonds. The van der Waals surface area contributed by atoms with Crippen LogP contribution in [0.1, 0.15) is 11.4 Å². The van der Waals surface area contributed by atoms with Crippen LogP contribution in [0, 0.1) is 13.8 Å². The summed E-state index contributed by atoms with van der Waals surface area (Å²) in [7, 11) is 1.65. The maximum absolute atomic E-state index is 5.10. The zero-order valence-electron chi connectivity index (χ0n) is 10.2. The Balaban J connectivity index is 2.19. The van der Waals surface area contributed by atoms with E-state index in [1.807, 2.05) is 44.2 Å². The fourth-order valence-corrected chi connectivity index (χ4v) is 1.59. The third kappa shape index (κ3) is 2.93. The highest BCUT2D eigenvalue weighted by atomic mass is 16.5. The molecule has 1 aromatic carbocycles. The second-order valence-corrected chi connectivity index (χ2v) is 3.83. The Morgan fingerprint density at radius 3 is 2.12 bits per heavy atom. The summed E-state index contributed by atoms with van der Waals surface area (Å²) in [5.41, 5.74) is 2.85. The van der Waals surface area contributed by atoms with Gasteiger partial charge >= 0.3 is 0 Å². The topological polar surface area (TPSA) is 47.0 Å². The molecule has 0 unspecified atom stereocenters. The quantitative estimate of drug-likeness (QED) is 0.879. The fourth-order valence-electron chi connectivity index (χ4n) is 1.59. The lowest BCUT2D eigenvalue weighted by molar-refractivity contribution is 0.415. The second kappa shape index (κ2) is 4.82. The average molecular weight is 229 g/mol. The van der Waals surface area contributed by atoms with Gasteiger partial charge in [0.1, 0.15) is 5.75 Å². The largest absolute Gasteiger partial charge is 0.497 e. The van der Waals surface area contributed by atoms with Crippen LogP contribution in [-0.2, 0) is 0 Å². The van der Waals surface area contributed by atoms with Gasteiger partial charge in [0.25, 0.3) is 0 Å². The molecule has 0 atom stereocenters. The number of aryl methyl sites for hydroxylation is 2. The van der Waals surface area contributed by atoms with E-state index in [1.165, 1.54) is 0 Å². The molecule has 0 aliphatic heterocycles. The third-order valence-electron chi connectivity index (χ3n) is 2.33. The van der Waals surface area contributed by atoms with Gasteiger partial charge in [0, 0.05) is 17.1 Å². The first-order chi connectivity index (χ1) is 8.17. The maximum atomic E-state index is 5.10. The summed E-state index contributed by atoms with van der Waals surface area (Å²) in [6.45, 7) is 3.90. The molecule has 1 N–H and O–H groups in total. The normalized spacial score (nSPS) is 10.1. The van der Waals surface area contributed by atoms with Gasteiger partial charge in [-0.05, 0) is 44.2 Å². The summed E-state index contributed by atoms with van der Waals surface area (Å²) in [4.78, 5) is 8.64. The molecule has 2 aromatic rings. The van der Waals surface area contributed by atoms with Gasteiger partial charge in [-0.3, -0.25) is 0 Å². The summed E-state index contributed by atoms with van der Waals surface area (Å²) in [5, 5.41) is 3.16. The van der Waals surface area contributed by atoms with Crippen LogP contribution in [0.25, 0.3) is 0 Å². The number of nitrogens with zero attached hydrogens (tertiary/aromatic N) is 2. The summed E-state index contributed by atoms with van der Waals surface area (Å²) < 4.78 is 5.10. The van der Waals surface area contributed by atoms with Gasteiger partial charge in [0.2, 0.25) is 5.95 Å². The zero-order valence-corrected chi connectivity index (χ0v) is 10.2. The molecule has 0 spiro atoms. The van der Waals surface area contributed by atoms with Gasteiger partial charge in [-0.25, -0.2) is 9.97 Å². The highest BCUT2D eigenvalue weighted by Gasteiger charge is 2.00. The second-order valence-electron chi connectivity index (χ2n) is 3.83. The van der Waals surface area contributed by atoms with E-state index in [0.29, 0.717) is 5.95 Å². The molecule has 0 radical (unpaired) electrons. The van der Waals surface area contributed by atoms with E-state index in [9.17, 15) is 0 Å². The SMILES string of the molecule is COc1ccc(Nc2nc(C)cc(C)n2)cc1. The Morgan fingerprint density at radius 1 is 1.00 bits per heavy atom. The molecule has 0 saturated heterocycles. The third-order valence-corrected chi connectivity index (χ3v) is 2.33. The van der Waals surface area contributed by atoms with Crippen molar-refractivity contribution in [3.63, 3.8) is 0 Å². The van der Waals surface area contributed by atoms with E-state index in [1.54, 1.807) is 7.11 Å². The standard InChI is InChI=1S/C13H15N3O/c1-9-8-10(2)15-13(14-9)16-11-4-6-12(17-3)7-5-11/h4-8H,1-3H3,(H,14,15,16). The van der Waals surface area contributed by atoms with Crippen LogP contribution >= 0.6 is 0 Å². The first kappa shape index (κ1) is 11.4. The summed E-state index contributed by atoms with van der Waals surface area (Å²) in [6, 6.07) is 9.59. The van der Waals surface area contributed by atoms with Crippen LogP contribution in [0.3, 0.4) is 0 Å². The summed E-state index contributed by atoms with van der Waals surface area (Å²) in [6.07, 6.45) is 0. The first-order valence-electron chi connectivity index (χ1n) is 5.41. The molecule has 0 bridgehead atoms. The molecular weight excluding hydrogens is 214 g/mol. The van der Waals surface area contributed by atoms with E-state index in [4.69, 9.17) is 4.74 Å². The molecule has 1 aromatic heterocycles. The molecular formula is C13H15N3O. The van der Waals surface area contributed by atoms with Gasteiger partial charge in [-0.2, -0.15) is 0 Å². The van der Waals surface area contributed by atoms with Crippen LogP contribution in [-0.4, -0.2) is 17.1 Å². The summed E-state index contributed by atoms with van der Waals surface area (Å²) in [5.74, 6) is 1.45. The lowest BCUT2D eigenvalue weighted by Crippen LogP contribution is -1.99. The Kier molecular flexibility index (Phi) is 3.23. The van der Waals surface area contributed by atoms with Crippen molar-refractivity contribution in [1.82, 2.24) is 9.97 Å². The van der Waals surface area contributed by atoms with Crippen molar-refractivity contribution in [1.29, 1.82) is 0 Å². The Labute approximate surface area is 101 Å². The van der Waals surface area contributed by atoms with Crippen LogP contribution in [0.2, 0.25) is 0 Å². The lowest BCUT2D eigenvalue weighted by Gasteiger charge is -2.07. The van der Waals surface area contributed by atoms with E-state index >= 15 is 0 Å². The molecule has 17 heavy (non-hydrogen) atoms. The van der Waals surface area contributed by atoms with E-state index in [0.717, 1.165) is 22.8 Å². The molecule has 4 nitrogen and oxygen atoms in total. The molecule has 0 saturated carbocycles. The number of anilines is 2. The minimum absolute atomic E-state index is 0.618. The first-order valence-corrected chi connectivity index (χ1v) is 5.41. The van der Waals surface area contributed by atoms with Gasteiger partial charge < -0.3 is 10.1 Å². The van der Waals surface area contributed by atoms with Crippen molar-refractivity contribution < 1.29 is 4.74 Å². The van der Waals surface area contributed by atoms with E-state index < -0.39 is 0 Å². The van der Waals surface area contributed by atoms with Crippen LogP contribution in [0.15, 0.2) is 30.3 Å². The smallest absolute Gasteiger partial charge is 0.227 e. The number of nitrogens with one attached hydrogen (secondary N) is 1. The van der Waals surface area contributed by atoms with Crippen molar-refractivity contribution in [3.8, 4) is 5.75 Å². The molecule has 2 rings (SSSR count). The van der Waals surface area contributed by atoms with Gasteiger partial charge in [-0.1, -0.05) is 0 Å². The molecule has 1 heterocycles. The molecule has 0 fully saturated rings. The molecule has 88 valence electrons. The average Bonchev–Trinajstić information content (AvgIpc) is 2.28. The number of hydrogen-bond acceptors (Lipinski definition) is 4. The maximum Gasteiger partial charge on any atom is 0.227 e. The monoisotopic (exact) mass is 229 g/mol. The number of ether oxygens (including phenoxy) is 1. The molecule has 0 aliphatic carbocycles. The Bertz CT molecular complexity index is 488.